The number of carbonyl (C=O) groups is 1. The van der Waals surface area contributed by atoms with Gasteiger partial charge in [0.1, 0.15) is 5.75 Å². The Hall–Kier alpha value is -2.89. The Balaban J connectivity index is 1.68. The van der Waals surface area contributed by atoms with Crippen LogP contribution < -0.4 is 24.8 Å². The molecular weight excluding hydrogens is 320 g/mol. The lowest BCUT2D eigenvalue weighted by atomic mass is 10.1. The van der Waals surface area contributed by atoms with Crippen LogP contribution in [0.1, 0.15) is 18.4 Å². The van der Waals surface area contributed by atoms with Crippen LogP contribution in [0.2, 0.25) is 0 Å². The Morgan fingerprint density at radius 1 is 0.920 bits per heavy atom. The van der Waals surface area contributed by atoms with Gasteiger partial charge >= 0.3 is 6.03 Å². The molecule has 132 valence electrons. The van der Waals surface area contributed by atoms with E-state index in [1.807, 2.05) is 24.3 Å². The van der Waals surface area contributed by atoms with Crippen molar-refractivity contribution in [2.75, 3.05) is 26.6 Å². The molecule has 0 spiro atoms. The molecule has 0 bridgehead atoms. The van der Waals surface area contributed by atoms with Gasteiger partial charge in [-0.15, -0.1) is 0 Å². The highest BCUT2D eigenvalue weighted by molar-refractivity contribution is 5.90. The molecule has 2 amide bonds. The molecule has 0 atom stereocenters. The first-order chi connectivity index (χ1) is 12.1. The monoisotopic (exact) mass is 342 g/mol. The molecule has 6 nitrogen and oxygen atoms in total. The lowest BCUT2D eigenvalue weighted by Gasteiger charge is -2.19. The molecule has 1 aliphatic carbocycles. The molecule has 25 heavy (non-hydrogen) atoms. The molecule has 6 heteroatoms. The molecule has 0 aliphatic heterocycles. The van der Waals surface area contributed by atoms with Crippen molar-refractivity contribution in [2.24, 2.45) is 0 Å². The third-order valence-corrected chi connectivity index (χ3v) is 4.39. The summed E-state index contributed by atoms with van der Waals surface area (Å²) < 4.78 is 15.6. The minimum Gasteiger partial charge on any atom is -0.497 e. The molecule has 0 heterocycles. The Bertz CT molecular complexity index is 755. The van der Waals surface area contributed by atoms with E-state index in [-0.39, 0.29) is 11.6 Å². The van der Waals surface area contributed by atoms with E-state index < -0.39 is 0 Å². The van der Waals surface area contributed by atoms with Gasteiger partial charge in [-0.1, -0.05) is 12.1 Å². The first kappa shape index (κ1) is 17.0. The number of anilines is 1. The Kier molecular flexibility index (Phi) is 4.70. The number of urea groups is 1. The molecule has 1 aliphatic rings. The van der Waals surface area contributed by atoms with E-state index in [4.69, 9.17) is 14.2 Å². The van der Waals surface area contributed by atoms with E-state index in [0.717, 1.165) is 24.2 Å². The fraction of sp³-hybridized carbons (Fsp3) is 0.316. The van der Waals surface area contributed by atoms with Gasteiger partial charge in [0.2, 0.25) is 0 Å². The summed E-state index contributed by atoms with van der Waals surface area (Å²) in [7, 11) is 4.77. The van der Waals surface area contributed by atoms with E-state index >= 15 is 0 Å². The van der Waals surface area contributed by atoms with Crippen molar-refractivity contribution < 1.29 is 19.0 Å². The van der Waals surface area contributed by atoms with Crippen molar-refractivity contribution in [3.63, 3.8) is 0 Å². The number of ether oxygens (including phenoxy) is 3. The predicted molar refractivity (Wildman–Crippen MR) is 95.6 cm³/mol. The predicted octanol–water partition coefficient (Wildman–Crippen LogP) is 3.52. The van der Waals surface area contributed by atoms with Gasteiger partial charge in [-0.05, 0) is 42.7 Å². The maximum Gasteiger partial charge on any atom is 0.319 e. The number of rotatable bonds is 6. The van der Waals surface area contributed by atoms with Crippen molar-refractivity contribution in [1.29, 1.82) is 0 Å². The summed E-state index contributed by atoms with van der Waals surface area (Å²) in [5.74, 6) is 1.98. The maximum atomic E-state index is 12.4. The fourth-order valence-electron chi connectivity index (χ4n) is 2.81. The summed E-state index contributed by atoms with van der Waals surface area (Å²) in [6.45, 7) is 0. The van der Waals surface area contributed by atoms with Crippen LogP contribution in [-0.2, 0) is 5.54 Å². The molecule has 0 saturated heterocycles. The molecule has 0 unspecified atom stereocenters. The zero-order valence-corrected chi connectivity index (χ0v) is 14.6. The highest BCUT2D eigenvalue weighted by Gasteiger charge is 2.45. The molecular formula is C19H22N2O4. The van der Waals surface area contributed by atoms with Crippen molar-refractivity contribution in [3.05, 3.63) is 48.0 Å². The van der Waals surface area contributed by atoms with Gasteiger partial charge in [0, 0.05) is 11.8 Å². The van der Waals surface area contributed by atoms with Crippen LogP contribution in [0.4, 0.5) is 10.5 Å². The van der Waals surface area contributed by atoms with Crippen molar-refractivity contribution in [1.82, 2.24) is 5.32 Å². The average Bonchev–Trinajstić information content (AvgIpc) is 3.42. The third-order valence-electron chi connectivity index (χ3n) is 4.39. The zero-order chi connectivity index (χ0) is 17.9. The minimum absolute atomic E-state index is 0.250. The van der Waals surface area contributed by atoms with Crippen LogP contribution in [-0.4, -0.2) is 27.4 Å². The largest absolute Gasteiger partial charge is 0.497 e. The summed E-state index contributed by atoms with van der Waals surface area (Å²) in [6.07, 6.45) is 1.83. The van der Waals surface area contributed by atoms with Gasteiger partial charge in [-0.3, -0.25) is 0 Å². The molecule has 1 saturated carbocycles. The highest BCUT2D eigenvalue weighted by Crippen LogP contribution is 2.45. The van der Waals surface area contributed by atoms with E-state index in [0.29, 0.717) is 17.2 Å². The second kappa shape index (κ2) is 6.93. The average molecular weight is 342 g/mol. The number of methoxy groups -OCH3 is 3. The summed E-state index contributed by atoms with van der Waals surface area (Å²) in [4.78, 5) is 12.4. The number of carbonyl (C=O) groups excluding carboxylic acids is 1. The Labute approximate surface area is 147 Å². The van der Waals surface area contributed by atoms with Crippen LogP contribution in [0.15, 0.2) is 42.5 Å². The van der Waals surface area contributed by atoms with Crippen LogP contribution in [0.5, 0.6) is 17.2 Å². The quantitative estimate of drug-likeness (QED) is 0.843. The van der Waals surface area contributed by atoms with E-state index in [2.05, 4.69) is 10.6 Å². The second-order valence-corrected chi connectivity index (χ2v) is 5.96. The highest BCUT2D eigenvalue weighted by atomic mass is 16.5. The van der Waals surface area contributed by atoms with Crippen molar-refractivity contribution >= 4 is 11.7 Å². The molecule has 0 aromatic heterocycles. The Morgan fingerprint density at radius 3 is 2.16 bits per heavy atom. The SMILES string of the molecule is COc1ccc(C2(NC(=O)Nc3ccc(OC)c(OC)c3)CC2)cc1. The van der Waals surface area contributed by atoms with E-state index in [1.54, 1.807) is 39.5 Å². The first-order valence-corrected chi connectivity index (χ1v) is 8.06. The van der Waals surface area contributed by atoms with Gasteiger partial charge in [-0.25, -0.2) is 4.79 Å². The standard InChI is InChI=1S/C19H22N2O4/c1-23-15-7-4-13(5-8-15)19(10-11-19)21-18(22)20-14-6-9-16(24-2)17(12-14)25-3/h4-9,12H,10-11H2,1-3H3,(H2,20,21,22). The number of hydrogen-bond donors (Lipinski definition) is 2. The van der Waals surface area contributed by atoms with Crippen molar-refractivity contribution in [3.8, 4) is 17.2 Å². The van der Waals surface area contributed by atoms with Crippen LogP contribution in [0.3, 0.4) is 0 Å². The van der Waals surface area contributed by atoms with Gasteiger partial charge in [0.25, 0.3) is 0 Å². The van der Waals surface area contributed by atoms with Crippen LogP contribution in [0.25, 0.3) is 0 Å². The molecule has 0 radical (unpaired) electrons. The number of benzene rings is 2. The Morgan fingerprint density at radius 2 is 1.60 bits per heavy atom. The second-order valence-electron chi connectivity index (χ2n) is 5.96. The number of amides is 2. The zero-order valence-electron chi connectivity index (χ0n) is 14.6. The summed E-state index contributed by atoms with van der Waals surface area (Å²) in [5, 5.41) is 5.92. The number of nitrogens with one attached hydrogen (secondary N) is 2. The van der Waals surface area contributed by atoms with Crippen LogP contribution >= 0.6 is 0 Å². The summed E-state index contributed by atoms with van der Waals surface area (Å²) in [6, 6.07) is 12.8. The summed E-state index contributed by atoms with van der Waals surface area (Å²) in [5.41, 5.74) is 1.42. The summed E-state index contributed by atoms with van der Waals surface area (Å²) >= 11 is 0. The maximum absolute atomic E-state index is 12.4. The lowest BCUT2D eigenvalue weighted by Crippen LogP contribution is -2.38. The molecule has 2 N–H and O–H groups in total. The van der Waals surface area contributed by atoms with Gasteiger partial charge < -0.3 is 24.8 Å². The smallest absolute Gasteiger partial charge is 0.319 e. The third kappa shape index (κ3) is 3.63. The van der Waals surface area contributed by atoms with Crippen LogP contribution in [0, 0.1) is 0 Å². The fourth-order valence-corrected chi connectivity index (χ4v) is 2.81. The van der Waals surface area contributed by atoms with Crippen molar-refractivity contribution in [2.45, 2.75) is 18.4 Å². The van der Waals surface area contributed by atoms with Gasteiger partial charge in [-0.2, -0.15) is 0 Å². The first-order valence-electron chi connectivity index (χ1n) is 8.06. The normalized spacial score (nSPS) is 14.4. The topological polar surface area (TPSA) is 68.8 Å². The van der Waals surface area contributed by atoms with Gasteiger partial charge in [0.15, 0.2) is 11.5 Å². The molecule has 1 fully saturated rings. The molecule has 2 aromatic rings. The van der Waals surface area contributed by atoms with E-state index in [1.165, 1.54) is 0 Å². The van der Waals surface area contributed by atoms with E-state index in [9.17, 15) is 4.79 Å². The molecule has 2 aromatic carbocycles. The lowest BCUT2D eigenvalue weighted by molar-refractivity contribution is 0.247. The molecule has 3 rings (SSSR count). The van der Waals surface area contributed by atoms with Gasteiger partial charge in [0.05, 0.1) is 26.9 Å². The minimum atomic E-state index is -0.299. The number of hydrogen-bond acceptors (Lipinski definition) is 4.